The van der Waals surface area contributed by atoms with Crippen molar-refractivity contribution in [3.8, 4) is 0 Å². The second-order valence-electron chi connectivity index (χ2n) is 1.04. The van der Waals surface area contributed by atoms with E-state index in [4.69, 9.17) is 19.8 Å². The number of carbonyl (C=O) groups is 2. The molecule has 7 nitrogen and oxygen atoms in total. The largest absolute Gasteiger partial charge is 0.481 e. The van der Waals surface area contributed by atoms with Crippen LogP contribution in [-0.2, 0) is 26.1 Å². The maximum Gasteiger partial charge on any atom is 0.300 e. The molecule has 0 heterocycles. The Kier molecular flexibility index (Phi) is 113. The molecule has 0 aliphatic carbocycles. The molecule has 0 amide bonds. The molecule has 0 unspecified atom stereocenters. The van der Waals surface area contributed by atoms with Crippen LogP contribution in [-0.4, -0.2) is 38.6 Å². The number of carboxylic acids is 2. The van der Waals surface area contributed by atoms with E-state index in [1.54, 1.807) is 0 Å². The van der Waals surface area contributed by atoms with Crippen molar-refractivity contribution in [2.45, 2.75) is 13.8 Å². The molecule has 0 bridgehead atoms. The standard InChI is InChI=1S/2C2H4O2.Ni.3H2O/c2*1-2(3)4;;;;/h2*1H3,(H,3,4);;3*1H2. The van der Waals surface area contributed by atoms with Gasteiger partial charge in [0, 0.05) is 30.3 Å². The number of aliphatic carboxylic acids is 2. The Labute approximate surface area is 79.2 Å². The number of carboxylic acid groups (broad SMARTS) is 2. The molecule has 0 radical (unpaired) electrons. The van der Waals surface area contributed by atoms with E-state index >= 15 is 0 Å². The van der Waals surface area contributed by atoms with E-state index in [1.807, 2.05) is 0 Å². The first-order valence-corrected chi connectivity index (χ1v) is 1.86. The zero-order chi connectivity index (χ0) is 7.15. The molecule has 0 aromatic heterocycles. The summed E-state index contributed by atoms with van der Waals surface area (Å²) in [5.41, 5.74) is 0. The van der Waals surface area contributed by atoms with Gasteiger partial charge in [-0.1, -0.05) is 0 Å². The van der Waals surface area contributed by atoms with Gasteiger partial charge in [0.05, 0.1) is 0 Å². The molecule has 0 aromatic rings. The van der Waals surface area contributed by atoms with Crippen LogP contribution in [0.2, 0.25) is 0 Å². The van der Waals surface area contributed by atoms with Crippen LogP contribution in [0.4, 0.5) is 0 Å². The van der Waals surface area contributed by atoms with Gasteiger partial charge in [-0.25, -0.2) is 0 Å². The molecule has 0 aromatic carbocycles. The predicted molar refractivity (Wildman–Crippen MR) is 37.5 cm³/mol. The van der Waals surface area contributed by atoms with Gasteiger partial charge in [0.25, 0.3) is 11.9 Å². The molecule has 8 heteroatoms. The van der Waals surface area contributed by atoms with Gasteiger partial charge in [0.1, 0.15) is 0 Å². The van der Waals surface area contributed by atoms with Crippen LogP contribution in [0.3, 0.4) is 0 Å². The van der Waals surface area contributed by atoms with Crippen molar-refractivity contribution < 1.29 is 52.7 Å². The van der Waals surface area contributed by atoms with Crippen LogP contribution >= 0.6 is 0 Å². The minimum Gasteiger partial charge on any atom is -0.481 e. The van der Waals surface area contributed by atoms with Crippen molar-refractivity contribution in [2.75, 3.05) is 0 Å². The molecular formula is C4H14NiO7. The van der Waals surface area contributed by atoms with Gasteiger partial charge >= 0.3 is 0 Å². The van der Waals surface area contributed by atoms with Gasteiger partial charge in [-0.05, 0) is 0 Å². The zero-order valence-electron chi connectivity index (χ0n) is 6.53. The van der Waals surface area contributed by atoms with Crippen molar-refractivity contribution in [1.29, 1.82) is 0 Å². The summed E-state index contributed by atoms with van der Waals surface area (Å²) in [6.45, 7) is 2.17. The van der Waals surface area contributed by atoms with Crippen LogP contribution in [0.15, 0.2) is 0 Å². The molecule has 12 heavy (non-hydrogen) atoms. The molecule has 0 aliphatic rings. The summed E-state index contributed by atoms with van der Waals surface area (Å²) in [6.07, 6.45) is 0. The second-order valence-corrected chi connectivity index (χ2v) is 1.04. The smallest absolute Gasteiger partial charge is 0.300 e. The summed E-state index contributed by atoms with van der Waals surface area (Å²) in [5.74, 6) is -1.67. The zero-order valence-corrected chi connectivity index (χ0v) is 7.51. The quantitative estimate of drug-likeness (QED) is 0.448. The van der Waals surface area contributed by atoms with Crippen molar-refractivity contribution in [1.82, 2.24) is 0 Å². The molecule has 0 aliphatic heterocycles. The van der Waals surface area contributed by atoms with E-state index in [0.717, 1.165) is 13.8 Å². The van der Waals surface area contributed by atoms with Crippen LogP contribution in [0.25, 0.3) is 0 Å². The summed E-state index contributed by atoms with van der Waals surface area (Å²) >= 11 is 0. The third-order valence-corrected chi connectivity index (χ3v) is 0. The van der Waals surface area contributed by atoms with Crippen molar-refractivity contribution >= 4 is 11.9 Å². The van der Waals surface area contributed by atoms with E-state index in [1.165, 1.54) is 0 Å². The van der Waals surface area contributed by atoms with E-state index in [9.17, 15) is 0 Å². The molecular weight excluding hydrogens is 219 g/mol. The van der Waals surface area contributed by atoms with Gasteiger partial charge in [0.15, 0.2) is 0 Å². The average molecular weight is 233 g/mol. The number of hydrogen-bond donors (Lipinski definition) is 2. The van der Waals surface area contributed by atoms with Crippen LogP contribution in [0.1, 0.15) is 13.8 Å². The topological polar surface area (TPSA) is 169 Å². The number of hydrogen-bond acceptors (Lipinski definition) is 2. The molecule has 0 atom stereocenters. The van der Waals surface area contributed by atoms with Crippen LogP contribution < -0.4 is 0 Å². The van der Waals surface area contributed by atoms with Gasteiger partial charge in [-0.2, -0.15) is 0 Å². The number of rotatable bonds is 0. The van der Waals surface area contributed by atoms with Crippen LogP contribution in [0, 0.1) is 0 Å². The SMILES string of the molecule is CC(=O)O.CC(=O)O.O.O.O.[Ni]. The second kappa shape index (κ2) is 31.7. The summed E-state index contributed by atoms with van der Waals surface area (Å²) in [4.78, 5) is 18.0. The molecule has 0 saturated carbocycles. The molecule has 0 rings (SSSR count). The third-order valence-electron chi connectivity index (χ3n) is 0. The van der Waals surface area contributed by atoms with Crippen molar-refractivity contribution in [2.24, 2.45) is 0 Å². The normalized spacial score (nSPS) is 4.17. The minimum atomic E-state index is -0.833. The first-order valence-electron chi connectivity index (χ1n) is 1.86. The molecule has 82 valence electrons. The van der Waals surface area contributed by atoms with E-state index in [0.29, 0.717) is 0 Å². The Morgan fingerprint density at radius 3 is 0.833 bits per heavy atom. The Morgan fingerprint density at radius 2 is 0.833 bits per heavy atom. The van der Waals surface area contributed by atoms with Crippen molar-refractivity contribution in [3.05, 3.63) is 0 Å². The maximum absolute atomic E-state index is 9.00. The summed E-state index contributed by atoms with van der Waals surface area (Å²) in [6, 6.07) is 0. The molecule has 0 fully saturated rings. The fraction of sp³-hybridized carbons (Fsp3) is 0.500. The summed E-state index contributed by atoms with van der Waals surface area (Å²) < 4.78 is 0. The van der Waals surface area contributed by atoms with E-state index in [2.05, 4.69) is 0 Å². The van der Waals surface area contributed by atoms with Gasteiger partial charge in [0.2, 0.25) is 0 Å². The average Bonchev–Trinajstić information content (AvgIpc) is 1.25. The molecule has 8 N–H and O–H groups in total. The summed E-state index contributed by atoms with van der Waals surface area (Å²) in [5, 5.41) is 14.8. The first kappa shape index (κ1) is 42.6. The minimum absolute atomic E-state index is 0. The fourth-order valence-electron chi connectivity index (χ4n) is 0. The Bertz CT molecular complexity index is 73.4. The van der Waals surface area contributed by atoms with Crippen molar-refractivity contribution in [3.63, 3.8) is 0 Å². The third kappa shape index (κ3) is 1370. The van der Waals surface area contributed by atoms with Crippen LogP contribution in [0.5, 0.6) is 0 Å². The van der Waals surface area contributed by atoms with Gasteiger partial charge in [-0.3, -0.25) is 9.59 Å². The molecule has 0 saturated heterocycles. The first-order chi connectivity index (χ1) is 3.46. The van der Waals surface area contributed by atoms with E-state index < -0.39 is 11.9 Å². The van der Waals surface area contributed by atoms with Gasteiger partial charge in [-0.15, -0.1) is 0 Å². The molecule has 0 spiro atoms. The van der Waals surface area contributed by atoms with E-state index in [-0.39, 0.29) is 32.9 Å². The maximum atomic E-state index is 9.00. The predicted octanol–water partition coefficient (Wildman–Crippen LogP) is -2.29. The Hall–Kier alpha value is -0.686. The summed E-state index contributed by atoms with van der Waals surface area (Å²) in [7, 11) is 0. The Morgan fingerprint density at radius 1 is 0.833 bits per heavy atom. The Balaban J connectivity index is -0.0000000112. The monoisotopic (exact) mass is 232 g/mol. The van der Waals surface area contributed by atoms with Gasteiger partial charge < -0.3 is 26.6 Å². The fourth-order valence-corrected chi connectivity index (χ4v) is 0.